The number of carbonyl (C=O) groups excluding carboxylic acids is 2. The average Bonchev–Trinajstić information content (AvgIpc) is 3.06. The summed E-state index contributed by atoms with van der Waals surface area (Å²) in [5.41, 5.74) is 3.04. The van der Waals surface area contributed by atoms with Crippen molar-refractivity contribution in [2.45, 2.75) is 13.1 Å². The second-order valence-electron chi connectivity index (χ2n) is 5.76. The molecule has 3 rings (SSSR count). The number of aromatic amines is 1. The number of fused-ring (bicyclic) bond motifs is 1. The molecule has 0 aliphatic carbocycles. The van der Waals surface area contributed by atoms with Crippen LogP contribution < -0.4 is 16.0 Å². The highest BCUT2D eigenvalue weighted by Crippen LogP contribution is 2.24. The Kier molecular flexibility index (Phi) is 5.73. The predicted molar refractivity (Wildman–Crippen MR) is 105 cm³/mol. The zero-order valence-corrected chi connectivity index (χ0v) is 15.1. The SMILES string of the molecule is C=CC(=O)Nc1cccc(CNC(=O)NCc2ccnc3[nH]cc(Cl)c23)c1. The molecule has 0 spiro atoms. The monoisotopic (exact) mass is 383 g/mol. The second kappa shape index (κ2) is 8.37. The van der Waals surface area contributed by atoms with E-state index in [0.29, 0.717) is 29.4 Å². The third-order valence-corrected chi connectivity index (χ3v) is 4.18. The van der Waals surface area contributed by atoms with Gasteiger partial charge >= 0.3 is 6.03 Å². The molecule has 0 aliphatic rings. The Morgan fingerprint density at radius 3 is 2.85 bits per heavy atom. The second-order valence-corrected chi connectivity index (χ2v) is 6.17. The Labute approximate surface area is 160 Å². The molecule has 0 atom stereocenters. The summed E-state index contributed by atoms with van der Waals surface area (Å²) in [6.07, 6.45) is 4.53. The lowest BCUT2D eigenvalue weighted by atomic mass is 10.2. The summed E-state index contributed by atoms with van der Waals surface area (Å²) in [4.78, 5) is 30.6. The summed E-state index contributed by atoms with van der Waals surface area (Å²) >= 11 is 6.16. The highest BCUT2D eigenvalue weighted by atomic mass is 35.5. The summed E-state index contributed by atoms with van der Waals surface area (Å²) < 4.78 is 0. The number of urea groups is 1. The van der Waals surface area contributed by atoms with E-state index in [1.807, 2.05) is 12.1 Å². The molecule has 0 saturated heterocycles. The highest BCUT2D eigenvalue weighted by molar-refractivity contribution is 6.35. The number of halogens is 1. The van der Waals surface area contributed by atoms with Gasteiger partial charge in [0.2, 0.25) is 5.91 Å². The number of carbonyl (C=O) groups is 2. The number of hydrogen-bond donors (Lipinski definition) is 4. The van der Waals surface area contributed by atoms with Gasteiger partial charge in [0.05, 0.1) is 5.02 Å². The van der Waals surface area contributed by atoms with Gasteiger partial charge in [-0.25, -0.2) is 9.78 Å². The van der Waals surface area contributed by atoms with Gasteiger partial charge in [-0.05, 0) is 35.4 Å². The van der Waals surface area contributed by atoms with Crippen LogP contribution in [0.5, 0.6) is 0 Å². The van der Waals surface area contributed by atoms with Crippen molar-refractivity contribution in [1.29, 1.82) is 0 Å². The van der Waals surface area contributed by atoms with E-state index < -0.39 is 0 Å². The minimum atomic E-state index is -0.313. The van der Waals surface area contributed by atoms with Gasteiger partial charge in [-0.2, -0.15) is 0 Å². The fourth-order valence-corrected chi connectivity index (χ4v) is 2.87. The first-order chi connectivity index (χ1) is 13.1. The van der Waals surface area contributed by atoms with Crippen molar-refractivity contribution >= 4 is 40.3 Å². The zero-order chi connectivity index (χ0) is 19.2. The number of aromatic nitrogens is 2. The summed E-state index contributed by atoms with van der Waals surface area (Å²) in [6.45, 7) is 4.05. The minimum Gasteiger partial charge on any atom is -0.345 e. The molecule has 8 heteroatoms. The summed E-state index contributed by atoms with van der Waals surface area (Å²) in [5, 5.41) is 9.62. The minimum absolute atomic E-state index is 0.287. The van der Waals surface area contributed by atoms with E-state index in [1.165, 1.54) is 6.08 Å². The Bertz CT molecular complexity index is 999. The Morgan fingerprint density at radius 2 is 2.04 bits per heavy atom. The number of H-pyrrole nitrogens is 1. The van der Waals surface area contributed by atoms with E-state index in [0.717, 1.165) is 16.5 Å². The molecule has 0 bridgehead atoms. The number of benzene rings is 1. The molecule has 7 nitrogen and oxygen atoms in total. The van der Waals surface area contributed by atoms with E-state index in [-0.39, 0.29) is 11.9 Å². The van der Waals surface area contributed by atoms with Crippen molar-refractivity contribution in [2.75, 3.05) is 5.32 Å². The number of nitrogens with zero attached hydrogens (tertiary/aromatic N) is 1. The normalized spacial score (nSPS) is 10.4. The van der Waals surface area contributed by atoms with Gasteiger partial charge in [0.25, 0.3) is 0 Å². The van der Waals surface area contributed by atoms with Gasteiger partial charge in [-0.3, -0.25) is 4.79 Å². The van der Waals surface area contributed by atoms with E-state index in [4.69, 9.17) is 11.6 Å². The molecule has 27 heavy (non-hydrogen) atoms. The van der Waals surface area contributed by atoms with Gasteiger partial charge < -0.3 is 20.9 Å². The van der Waals surface area contributed by atoms with Crippen molar-refractivity contribution in [1.82, 2.24) is 20.6 Å². The lowest BCUT2D eigenvalue weighted by Crippen LogP contribution is -2.34. The van der Waals surface area contributed by atoms with Crippen molar-refractivity contribution in [3.63, 3.8) is 0 Å². The number of nitrogens with one attached hydrogen (secondary N) is 4. The molecule has 3 amide bonds. The molecular formula is C19H18ClN5O2. The lowest BCUT2D eigenvalue weighted by Gasteiger charge is -2.10. The maximum absolute atomic E-state index is 12.1. The highest BCUT2D eigenvalue weighted by Gasteiger charge is 2.09. The number of anilines is 1. The van der Waals surface area contributed by atoms with Crippen LogP contribution in [0.25, 0.3) is 11.0 Å². The number of pyridine rings is 1. The lowest BCUT2D eigenvalue weighted by molar-refractivity contribution is -0.111. The number of rotatable bonds is 6. The Morgan fingerprint density at radius 1 is 1.22 bits per heavy atom. The number of hydrogen-bond acceptors (Lipinski definition) is 3. The van der Waals surface area contributed by atoms with Crippen LogP contribution in [-0.4, -0.2) is 21.9 Å². The molecule has 0 unspecified atom stereocenters. The van der Waals surface area contributed by atoms with Crippen LogP contribution in [-0.2, 0) is 17.9 Å². The molecule has 0 aliphatic heterocycles. The van der Waals surface area contributed by atoms with E-state index in [2.05, 4.69) is 32.5 Å². The largest absolute Gasteiger partial charge is 0.345 e. The first-order valence-electron chi connectivity index (χ1n) is 8.21. The average molecular weight is 384 g/mol. The quantitative estimate of drug-likeness (QED) is 0.491. The van der Waals surface area contributed by atoms with Crippen molar-refractivity contribution in [3.05, 3.63) is 71.5 Å². The Balaban J connectivity index is 1.55. The standard InChI is InChI=1S/C19H18ClN5O2/c1-2-16(26)25-14-5-3-4-12(8-14)9-23-19(27)24-10-13-6-7-21-18-17(13)15(20)11-22-18/h2-8,11H,1,9-10H2,(H,21,22)(H,25,26)(H2,23,24,27). The topological polar surface area (TPSA) is 98.9 Å². The van der Waals surface area contributed by atoms with Crippen LogP contribution >= 0.6 is 11.6 Å². The molecule has 0 fully saturated rings. The molecule has 2 heterocycles. The van der Waals surface area contributed by atoms with Crippen LogP contribution in [0.4, 0.5) is 10.5 Å². The van der Waals surface area contributed by atoms with E-state index in [1.54, 1.807) is 30.6 Å². The van der Waals surface area contributed by atoms with E-state index in [9.17, 15) is 9.59 Å². The summed E-state index contributed by atoms with van der Waals surface area (Å²) in [6, 6.07) is 8.71. The van der Waals surface area contributed by atoms with Crippen molar-refractivity contribution in [3.8, 4) is 0 Å². The van der Waals surface area contributed by atoms with Crippen LogP contribution in [0.3, 0.4) is 0 Å². The predicted octanol–water partition coefficient (Wildman–Crippen LogP) is 3.34. The van der Waals surface area contributed by atoms with Crippen LogP contribution in [0.2, 0.25) is 5.02 Å². The van der Waals surface area contributed by atoms with Gasteiger partial charge in [0, 0.05) is 36.6 Å². The zero-order valence-electron chi connectivity index (χ0n) is 14.4. The fraction of sp³-hybridized carbons (Fsp3) is 0.105. The maximum atomic E-state index is 12.1. The summed E-state index contributed by atoms with van der Waals surface area (Å²) in [5.74, 6) is -0.287. The van der Waals surface area contributed by atoms with Crippen molar-refractivity contribution < 1.29 is 9.59 Å². The molecule has 3 aromatic rings. The molecule has 138 valence electrons. The van der Waals surface area contributed by atoms with Crippen LogP contribution in [0, 0.1) is 0 Å². The van der Waals surface area contributed by atoms with Crippen molar-refractivity contribution in [2.24, 2.45) is 0 Å². The van der Waals surface area contributed by atoms with Gasteiger partial charge in [0.15, 0.2) is 0 Å². The van der Waals surface area contributed by atoms with Crippen LogP contribution in [0.1, 0.15) is 11.1 Å². The third-order valence-electron chi connectivity index (χ3n) is 3.88. The fourth-order valence-electron chi connectivity index (χ4n) is 2.60. The first-order valence-corrected chi connectivity index (χ1v) is 8.59. The van der Waals surface area contributed by atoms with Gasteiger partial charge in [-0.1, -0.05) is 30.3 Å². The van der Waals surface area contributed by atoms with Crippen LogP contribution in [0.15, 0.2) is 55.4 Å². The molecule has 1 aromatic carbocycles. The molecule has 4 N–H and O–H groups in total. The van der Waals surface area contributed by atoms with Gasteiger partial charge in [0.1, 0.15) is 5.65 Å². The molecule has 0 saturated carbocycles. The summed E-state index contributed by atoms with van der Waals surface area (Å²) in [7, 11) is 0. The first kappa shape index (κ1) is 18.5. The van der Waals surface area contributed by atoms with E-state index >= 15 is 0 Å². The Hall–Kier alpha value is -3.32. The molecule has 0 radical (unpaired) electrons. The maximum Gasteiger partial charge on any atom is 0.315 e. The molecule has 2 aromatic heterocycles. The number of amides is 3. The molecular weight excluding hydrogens is 366 g/mol. The van der Waals surface area contributed by atoms with Gasteiger partial charge in [-0.15, -0.1) is 0 Å². The third kappa shape index (κ3) is 4.65. The smallest absolute Gasteiger partial charge is 0.315 e.